The molecule has 1 aliphatic heterocycles. The Hall–Kier alpha value is -2.08. The topological polar surface area (TPSA) is 60.5 Å². The van der Waals surface area contributed by atoms with Crippen LogP contribution in [0.25, 0.3) is 0 Å². The Bertz CT molecular complexity index is 788. The summed E-state index contributed by atoms with van der Waals surface area (Å²) < 4.78 is 13.5. The van der Waals surface area contributed by atoms with Crippen LogP contribution < -0.4 is 0 Å². The third kappa shape index (κ3) is 3.23. The number of nitrogens with zero attached hydrogens (tertiary/aromatic N) is 3. The predicted molar refractivity (Wildman–Crippen MR) is 92.4 cm³/mol. The van der Waals surface area contributed by atoms with Gasteiger partial charge in [-0.05, 0) is 38.7 Å². The zero-order valence-corrected chi connectivity index (χ0v) is 15.1. The molecule has 1 aliphatic carbocycles. The van der Waals surface area contributed by atoms with Crippen LogP contribution in [0.1, 0.15) is 52.0 Å². The molecule has 1 atom stereocenters. The highest BCUT2D eigenvalue weighted by Gasteiger charge is 2.33. The Morgan fingerprint density at radius 3 is 2.84 bits per heavy atom. The van der Waals surface area contributed by atoms with Crippen molar-refractivity contribution in [2.45, 2.75) is 39.2 Å². The first-order valence-electron chi connectivity index (χ1n) is 8.97. The van der Waals surface area contributed by atoms with Crippen LogP contribution in [0.4, 0.5) is 0 Å². The number of carbonyl (C=O) groups excluding carboxylic acids is 1. The smallest absolute Gasteiger partial charge is 0.257 e. The molecule has 0 saturated heterocycles. The van der Waals surface area contributed by atoms with E-state index in [1.165, 1.54) is 18.5 Å². The van der Waals surface area contributed by atoms with E-state index in [0.29, 0.717) is 31.0 Å². The molecule has 0 unspecified atom stereocenters. The van der Waals surface area contributed by atoms with Gasteiger partial charge < -0.3 is 18.6 Å². The molecule has 2 aliphatic rings. The second-order valence-corrected chi connectivity index (χ2v) is 7.38. The van der Waals surface area contributed by atoms with E-state index in [0.717, 1.165) is 24.0 Å². The number of fused-ring (bicyclic) bond motifs is 1. The zero-order chi connectivity index (χ0) is 17.6. The third-order valence-corrected chi connectivity index (χ3v) is 5.16. The van der Waals surface area contributed by atoms with Crippen LogP contribution in [0.5, 0.6) is 0 Å². The van der Waals surface area contributed by atoms with Crippen LogP contribution in [-0.4, -0.2) is 40.1 Å². The molecule has 2 aromatic heterocycles. The minimum absolute atomic E-state index is 0.0119. The van der Waals surface area contributed by atoms with Crippen molar-refractivity contribution < 1.29 is 13.9 Å². The van der Waals surface area contributed by atoms with E-state index in [1.807, 2.05) is 38.2 Å². The van der Waals surface area contributed by atoms with Crippen LogP contribution in [0, 0.1) is 19.8 Å². The molecule has 0 aromatic carbocycles. The summed E-state index contributed by atoms with van der Waals surface area (Å²) in [6.45, 7) is 6.36. The average Bonchev–Trinajstić information content (AvgIpc) is 3.24. The predicted octanol–water partition coefficient (Wildman–Crippen LogP) is 2.80. The number of carbonyl (C=O) groups is 1. The second kappa shape index (κ2) is 6.33. The molecule has 25 heavy (non-hydrogen) atoms. The Kier molecular flexibility index (Phi) is 4.15. The highest BCUT2D eigenvalue weighted by atomic mass is 16.5. The summed E-state index contributed by atoms with van der Waals surface area (Å²) in [5.41, 5.74) is 2.81. The van der Waals surface area contributed by atoms with Gasteiger partial charge in [-0.3, -0.25) is 4.79 Å². The van der Waals surface area contributed by atoms with Crippen LogP contribution >= 0.6 is 0 Å². The summed E-state index contributed by atoms with van der Waals surface area (Å²) in [7, 11) is 2.01. The van der Waals surface area contributed by atoms with Crippen molar-refractivity contribution in [1.29, 1.82) is 0 Å². The normalized spacial score (nSPS) is 20.0. The number of hydrogen-bond acceptors (Lipinski definition) is 4. The average molecular weight is 343 g/mol. The first kappa shape index (κ1) is 16.4. The number of aromatic nitrogens is 2. The minimum Gasteiger partial charge on any atom is -0.466 e. The Labute approximate surface area is 147 Å². The van der Waals surface area contributed by atoms with Gasteiger partial charge in [0, 0.05) is 31.8 Å². The van der Waals surface area contributed by atoms with Gasteiger partial charge in [0.05, 0.1) is 30.7 Å². The van der Waals surface area contributed by atoms with Gasteiger partial charge in [-0.15, -0.1) is 0 Å². The number of hydrogen-bond donors (Lipinski definition) is 0. The molecule has 2 aromatic rings. The molecule has 134 valence electrons. The molecule has 1 fully saturated rings. The first-order valence-corrected chi connectivity index (χ1v) is 8.97. The number of amides is 1. The van der Waals surface area contributed by atoms with Crippen LogP contribution in [0.3, 0.4) is 0 Å². The fraction of sp³-hybridized carbons (Fsp3) is 0.579. The van der Waals surface area contributed by atoms with Crippen molar-refractivity contribution in [3.8, 4) is 0 Å². The van der Waals surface area contributed by atoms with Gasteiger partial charge in [0.1, 0.15) is 11.5 Å². The summed E-state index contributed by atoms with van der Waals surface area (Å²) in [6.07, 6.45) is 4.40. The maximum Gasteiger partial charge on any atom is 0.257 e. The number of imidazole rings is 1. The van der Waals surface area contributed by atoms with Gasteiger partial charge in [0.15, 0.2) is 0 Å². The van der Waals surface area contributed by atoms with E-state index in [4.69, 9.17) is 9.15 Å². The highest BCUT2D eigenvalue weighted by Crippen LogP contribution is 2.32. The van der Waals surface area contributed by atoms with Gasteiger partial charge in [-0.2, -0.15) is 0 Å². The fourth-order valence-corrected chi connectivity index (χ4v) is 3.69. The van der Waals surface area contributed by atoms with E-state index < -0.39 is 0 Å². The Balaban J connectivity index is 1.54. The Morgan fingerprint density at radius 2 is 2.16 bits per heavy atom. The molecule has 6 nitrogen and oxygen atoms in total. The van der Waals surface area contributed by atoms with Gasteiger partial charge in [-0.1, -0.05) is 0 Å². The lowest BCUT2D eigenvalue weighted by Crippen LogP contribution is -2.40. The molecular weight excluding hydrogens is 318 g/mol. The number of aryl methyl sites for hydroxylation is 3. The molecule has 0 N–H and O–H groups in total. The molecule has 1 amide bonds. The SMILES string of the molecule is Cc1cc(C(=O)N2Cc3ncn(C)c3[C@H](COCC3CC3)C2)c(C)o1. The first-order chi connectivity index (χ1) is 12.0. The van der Waals surface area contributed by atoms with Crippen molar-refractivity contribution in [1.82, 2.24) is 14.5 Å². The summed E-state index contributed by atoms with van der Waals surface area (Å²) in [4.78, 5) is 19.4. The third-order valence-electron chi connectivity index (χ3n) is 5.16. The monoisotopic (exact) mass is 343 g/mol. The summed E-state index contributed by atoms with van der Waals surface area (Å²) in [6, 6.07) is 1.82. The van der Waals surface area contributed by atoms with Crippen molar-refractivity contribution in [3.63, 3.8) is 0 Å². The zero-order valence-electron chi connectivity index (χ0n) is 15.1. The molecule has 0 radical (unpaired) electrons. The molecule has 6 heteroatoms. The molecule has 0 spiro atoms. The quantitative estimate of drug-likeness (QED) is 0.837. The van der Waals surface area contributed by atoms with Crippen LogP contribution in [0.2, 0.25) is 0 Å². The summed E-state index contributed by atoms with van der Waals surface area (Å²) in [5, 5.41) is 0. The van der Waals surface area contributed by atoms with E-state index >= 15 is 0 Å². The maximum absolute atomic E-state index is 13.0. The van der Waals surface area contributed by atoms with Gasteiger partial charge >= 0.3 is 0 Å². The van der Waals surface area contributed by atoms with Crippen molar-refractivity contribution in [3.05, 3.63) is 40.9 Å². The van der Waals surface area contributed by atoms with Gasteiger partial charge in [0.2, 0.25) is 0 Å². The lowest BCUT2D eigenvalue weighted by atomic mass is 9.98. The second-order valence-electron chi connectivity index (χ2n) is 7.38. The number of furan rings is 1. The van der Waals surface area contributed by atoms with E-state index in [-0.39, 0.29) is 11.8 Å². The molecule has 1 saturated carbocycles. The lowest BCUT2D eigenvalue weighted by Gasteiger charge is -2.32. The van der Waals surface area contributed by atoms with Crippen molar-refractivity contribution in [2.75, 3.05) is 19.8 Å². The molecule has 0 bridgehead atoms. The number of ether oxygens (including phenoxy) is 1. The minimum atomic E-state index is 0.0119. The van der Waals surface area contributed by atoms with E-state index in [2.05, 4.69) is 9.55 Å². The largest absolute Gasteiger partial charge is 0.466 e. The number of rotatable bonds is 5. The molecule has 3 heterocycles. The Morgan fingerprint density at radius 1 is 1.36 bits per heavy atom. The van der Waals surface area contributed by atoms with Crippen LogP contribution in [-0.2, 0) is 18.3 Å². The fourth-order valence-electron chi connectivity index (χ4n) is 3.69. The summed E-state index contributed by atoms with van der Waals surface area (Å²) >= 11 is 0. The summed E-state index contributed by atoms with van der Waals surface area (Å²) in [5.74, 6) is 2.35. The van der Waals surface area contributed by atoms with Crippen molar-refractivity contribution in [2.24, 2.45) is 13.0 Å². The van der Waals surface area contributed by atoms with Crippen LogP contribution in [0.15, 0.2) is 16.8 Å². The highest BCUT2D eigenvalue weighted by molar-refractivity contribution is 5.95. The molecular formula is C19H25N3O3. The maximum atomic E-state index is 13.0. The molecule has 4 rings (SSSR count). The van der Waals surface area contributed by atoms with Gasteiger partial charge in [0.25, 0.3) is 5.91 Å². The van der Waals surface area contributed by atoms with E-state index in [1.54, 1.807) is 0 Å². The van der Waals surface area contributed by atoms with Gasteiger partial charge in [-0.25, -0.2) is 4.98 Å². The van der Waals surface area contributed by atoms with E-state index in [9.17, 15) is 4.79 Å². The lowest BCUT2D eigenvalue weighted by molar-refractivity contribution is 0.0617. The standard InChI is InChI=1S/C19H25N3O3/c1-12-6-16(13(2)25-12)19(23)22-7-15(10-24-9-14-4-5-14)18-17(8-22)20-11-21(18)3/h6,11,14-15H,4-5,7-10H2,1-3H3/t15-/m0/s1. The van der Waals surface area contributed by atoms with Crippen molar-refractivity contribution >= 4 is 5.91 Å².